The number of thioether (sulfide) groups is 1. The van der Waals surface area contributed by atoms with Crippen LogP contribution in [-0.4, -0.2) is 46.1 Å². The first-order chi connectivity index (χ1) is 13.5. The second kappa shape index (κ2) is 8.44. The van der Waals surface area contributed by atoms with Crippen molar-refractivity contribution in [2.24, 2.45) is 17.8 Å². The summed E-state index contributed by atoms with van der Waals surface area (Å²) in [6.45, 7) is 5.77. The first-order valence-corrected chi connectivity index (χ1v) is 11.6. The van der Waals surface area contributed by atoms with Crippen molar-refractivity contribution in [3.8, 4) is 0 Å². The van der Waals surface area contributed by atoms with Crippen LogP contribution in [0.4, 0.5) is 0 Å². The number of amides is 2. The SMILES string of the molecule is CC(Sc1ccc(C(=O)N2CCCC2)cn1)C(=O)NC(C)C1CC2CCC1C2. The number of rotatable bonds is 6. The molecule has 3 fully saturated rings. The van der Waals surface area contributed by atoms with E-state index in [1.54, 1.807) is 6.20 Å². The van der Waals surface area contributed by atoms with E-state index < -0.39 is 0 Å². The minimum absolute atomic E-state index is 0.0621. The molecule has 4 rings (SSSR count). The lowest BCUT2D eigenvalue weighted by atomic mass is 9.84. The van der Waals surface area contributed by atoms with Gasteiger partial charge in [-0.1, -0.05) is 18.2 Å². The summed E-state index contributed by atoms with van der Waals surface area (Å²) in [7, 11) is 0. The number of nitrogens with one attached hydrogen (secondary N) is 1. The smallest absolute Gasteiger partial charge is 0.255 e. The Morgan fingerprint density at radius 3 is 2.57 bits per heavy atom. The largest absolute Gasteiger partial charge is 0.352 e. The second-order valence-electron chi connectivity index (χ2n) is 8.78. The van der Waals surface area contributed by atoms with E-state index in [0.29, 0.717) is 11.5 Å². The van der Waals surface area contributed by atoms with Crippen LogP contribution in [0.2, 0.25) is 0 Å². The predicted octanol–water partition coefficient (Wildman–Crippen LogP) is 3.74. The van der Waals surface area contributed by atoms with Gasteiger partial charge in [-0.3, -0.25) is 9.59 Å². The molecule has 0 radical (unpaired) electrons. The lowest BCUT2D eigenvalue weighted by Gasteiger charge is -2.29. The van der Waals surface area contributed by atoms with Crippen molar-refractivity contribution < 1.29 is 9.59 Å². The van der Waals surface area contributed by atoms with Gasteiger partial charge in [-0.25, -0.2) is 4.98 Å². The standard InChI is InChI=1S/C22H31N3O2S/c1-14(19-12-16-5-6-17(19)11-16)24-21(26)15(2)28-20-8-7-18(13-23-20)22(27)25-9-3-4-10-25/h7-8,13-17,19H,3-6,9-12H2,1-2H3,(H,24,26). The predicted molar refractivity (Wildman–Crippen MR) is 111 cm³/mol. The van der Waals surface area contributed by atoms with Gasteiger partial charge in [0.15, 0.2) is 0 Å². The molecule has 2 amide bonds. The van der Waals surface area contributed by atoms with Gasteiger partial charge in [-0.15, -0.1) is 0 Å². The summed E-state index contributed by atoms with van der Waals surface area (Å²) in [5.74, 6) is 2.50. The zero-order chi connectivity index (χ0) is 19.7. The van der Waals surface area contributed by atoms with Gasteiger partial charge in [-0.2, -0.15) is 0 Å². The van der Waals surface area contributed by atoms with E-state index in [1.807, 2.05) is 24.0 Å². The molecule has 2 heterocycles. The third-order valence-corrected chi connectivity index (χ3v) is 7.90. The molecule has 5 nitrogen and oxygen atoms in total. The highest BCUT2D eigenvalue weighted by Gasteiger charge is 2.42. The zero-order valence-electron chi connectivity index (χ0n) is 16.9. The van der Waals surface area contributed by atoms with Crippen molar-refractivity contribution in [2.75, 3.05) is 13.1 Å². The molecule has 152 valence electrons. The molecule has 1 aromatic rings. The van der Waals surface area contributed by atoms with E-state index >= 15 is 0 Å². The van der Waals surface area contributed by atoms with Gasteiger partial charge < -0.3 is 10.2 Å². The minimum Gasteiger partial charge on any atom is -0.352 e. The number of carbonyl (C=O) groups excluding carboxylic acids is 2. The van der Waals surface area contributed by atoms with Gasteiger partial charge in [0.2, 0.25) is 5.91 Å². The minimum atomic E-state index is -0.200. The Bertz CT molecular complexity index is 717. The molecule has 2 bridgehead atoms. The van der Waals surface area contributed by atoms with E-state index in [-0.39, 0.29) is 23.1 Å². The maximum absolute atomic E-state index is 12.6. The molecule has 1 aliphatic heterocycles. The van der Waals surface area contributed by atoms with Crippen LogP contribution in [-0.2, 0) is 4.79 Å². The molecular formula is C22H31N3O2S. The van der Waals surface area contributed by atoms with Crippen molar-refractivity contribution in [3.63, 3.8) is 0 Å². The van der Waals surface area contributed by atoms with E-state index in [9.17, 15) is 9.59 Å². The zero-order valence-corrected chi connectivity index (χ0v) is 17.7. The van der Waals surface area contributed by atoms with Crippen LogP contribution in [0.1, 0.15) is 62.7 Å². The first-order valence-electron chi connectivity index (χ1n) is 10.7. The number of carbonyl (C=O) groups is 2. The molecule has 2 saturated carbocycles. The molecule has 1 aromatic heterocycles. The molecule has 0 spiro atoms. The van der Waals surface area contributed by atoms with Gasteiger partial charge in [0.1, 0.15) is 0 Å². The normalized spacial score (nSPS) is 28.4. The van der Waals surface area contributed by atoms with Crippen LogP contribution in [0, 0.1) is 17.8 Å². The topological polar surface area (TPSA) is 62.3 Å². The van der Waals surface area contributed by atoms with Crippen LogP contribution in [0.25, 0.3) is 0 Å². The molecule has 0 aromatic carbocycles. The molecule has 2 aliphatic carbocycles. The summed E-state index contributed by atoms with van der Waals surface area (Å²) in [6.07, 6.45) is 9.18. The van der Waals surface area contributed by atoms with Crippen LogP contribution < -0.4 is 5.32 Å². The van der Waals surface area contributed by atoms with Gasteiger partial charge >= 0.3 is 0 Å². The fourth-order valence-corrected chi connectivity index (χ4v) is 6.07. The van der Waals surface area contributed by atoms with Crippen LogP contribution in [0.5, 0.6) is 0 Å². The quantitative estimate of drug-likeness (QED) is 0.738. The Balaban J connectivity index is 1.28. The number of pyridine rings is 1. The Labute approximate surface area is 172 Å². The van der Waals surface area contributed by atoms with Crippen LogP contribution >= 0.6 is 11.8 Å². The summed E-state index contributed by atoms with van der Waals surface area (Å²) in [5.41, 5.74) is 0.633. The molecule has 5 atom stereocenters. The summed E-state index contributed by atoms with van der Waals surface area (Å²) in [6, 6.07) is 3.94. The van der Waals surface area contributed by atoms with Gasteiger partial charge in [0.05, 0.1) is 15.8 Å². The van der Waals surface area contributed by atoms with E-state index in [2.05, 4.69) is 17.2 Å². The van der Waals surface area contributed by atoms with E-state index in [0.717, 1.165) is 42.8 Å². The monoisotopic (exact) mass is 401 g/mol. The lowest BCUT2D eigenvalue weighted by molar-refractivity contribution is -0.121. The fraction of sp³-hybridized carbons (Fsp3) is 0.682. The Hall–Kier alpha value is -1.56. The van der Waals surface area contributed by atoms with Crippen molar-refractivity contribution >= 4 is 23.6 Å². The van der Waals surface area contributed by atoms with Gasteiger partial charge in [0, 0.05) is 25.3 Å². The molecule has 3 aliphatic rings. The first kappa shape index (κ1) is 19.7. The van der Waals surface area contributed by atoms with Crippen LogP contribution in [0.15, 0.2) is 23.4 Å². The second-order valence-corrected chi connectivity index (χ2v) is 10.1. The Morgan fingerprint density at radius 2 is 1.96 bits per heavy atom. The highest BCUT2D eigenvalue weighted by molar-refractivity contribution is 8.00. The number of aromatic nitrogens is 1. The third-order valence-electron chi connectivity index (χ3n) is 6.85. The van der Waals surface area contributed by atoms with Crippen LogP contribution in [0.3, 0.4) is 0 Å². The number of nitrogens with zero attached hydrogens (tertiary/aromatic N) is 2. The number of hydrogen-bond acceptors (Lipinski definition) is 4. The molecule has 1 N–H and O–H groups in total. The highest BCUT2D eigenvalue weighted by atomic mass is 32.2. The molecular weight excluding hydrogens is 370 g/mol. The number of likely N-dealkylation sites (tertiary alicyclic amines) is 1. The lowest BCUT2D eigenvalue weighted by Crippen LogP contribution is -2.43. The molecule has 6 heteroatoms. The maximum atomic E-state index is 12.6. The summed E-state index contributed by atoms with van der Waals surface area (Å²) in [4.78, 5) is 31.4. The van der Waals surface area contributed by atoms with Crippen molar-refractivity contribution in [2.45, 2.75) is 68.7 Å². The molecule has 5 unspecified atom stereocenters. The average molecular weight is 402 g/mol. The van der Waals surface area contributed by atoms with E-state index in [1.165, 1.54) is 37.4 Å². The Morgan fingerprint density at radius 1 is 1.18 bits per heavy atom. The van der Waals surface area contributed by atoms with E-state index in [4.69, 9.17) is 0 Å². The maximum Gasteiger partial charge on any atom is 0.255 e. The Kier molecular flexibility index (Phi) is 5.95. The third kappa shape index (κ3) is 4.22. The summed E-state index contributed by atoms with van der Waals surface area (Å²) < 4.78 is 0. The molecule has 1 saturated heterocycles. The molecule has 28 heavy (non-hydrogen) atoms. The number of fused-ring (bicyclic) bond motifs is 2. The summed E-state index contributed by atoms with van der Waals surface area (Å²) >= 11 is 1.46. The fourth-order valence-electron chi connectivity index (χ4n) is 5.27. The number of hydrogen-bond donors (Lipinski definition) is 1. The highest BCUT2D eigenvalue weighted by Crippen LogP contribution is 2.49. The average Bonchev–Trinajstić information content (AvgIpc) is 3.45. The summed E-state index contributed by atoms with van der Waals surface area (Å²) in [5, 5.41) is 3.83. The van der Waals surface area contributed by atoms with Gasteiger partial charge in [0.25, 0.3) is 5.91 Å². The van der Waals surface area contributed by atoms with Crippen molar-refractivity contribution in [1.29, 1.82) is 0 Å². The van der Waals surface area contributed by atoms with Gasteiger partial charge in [-0.05, 0) is 75.8 Å². The van der Waals surface area contributed by atoms with Crippen molar-refractivity contribution in [3.05, 3.63) is 23.9 Å². The van der Waals surface area contributed by atoms with Crippen molar-refractivity contribution in [1.82, 2.24) is 15.2 Å².